The third-order valence-electron chi connectivity index (χ3n) is 3.24. The smallest absolute Gasteiger partial charge is 0.146 e. The number of aromatic nitrogens is 1. The van der Waals surface area contributed by atoms with Crippen molar-refractivity contribution >= 4 is 5.82 Å². The molecule has 0 saturated carbocycles. The minimum atomic E-state index is 0.678. The Kier molecular flexibility index (Phi) is 3.94. The minimum Gasteiger partial charge on any atom is -0.354 e. The van der Waals surface area contributed by atoms with Gasteiger partial charge in [0, 0.05) is 25.8 Å². The Morgan fingerprint density at radius 2 is 2.24 bits per heavy atom. The van der Waals surface area contributed by atoms with E-state index >= 15 is 0 Å². The molecule has 2 rings (SSSR count). The number of hydrogen-bond acceptors (Lipinski definition) is 4. The van der Waals surface area contributed by atoms with E-state index in [1.807, 2.05) is 12.1 Å². The molecule has 4 heteroatoms. The summed E-state index contributed by atoms with van der Waals surface area (Å²) in [6, 6.07) is 5.88. The zero-order valence-electron chi connectivity index (χ0n) is 10.3. The van der Waals surface area contributed by atoms with Crippen molar-refractivity contribution in [3.8, 4) is 6.07 Å². The SMILES string of the molecule is CCN1CCCN(c2ncccc2C#N)CC1. The fourth-order valence-electron chi connectivity index (χ4n) is 2.24. The van der Waals surface area contributed by atoms with Crippen molar-refractivity contribution in [1.82, 2.24) is 9.88 Å². The quantitative estimate of drug-likeness (QED) is 0.772. The summed E-state index contributed by atoms with van der Waals surface area (Å²) in [7, 11) is 0. The number of pyridine rings is 1. The second kappa shape index (κ2) is 5.65. The maximum atomic E-state index is 9.09. The normalized spacial score (nSPS) is 17.5. The van der Waals surface area contributed by atoms with Crippen LogP contribution in [0.5, 0.6) is 0 Å². The van der Waals surface area contributed by atoms with Crippen LogP contribution in [0.2, 0.25) is 0 Å². The van der Waals surface area contributed by atoms with Crippen molar-refractivity contribution < 1.29 is 0 Å². The van der Waals surface area contributed by atoms with Gasteiger partial charge in [-0.15, -0.1) is 0 Å². The lowest BCUT2D eigenvalue weighted by Gasteiger charge is -2.22. The van der Waals surface area contributed by atoms with Crippen LogP contribution in [0.25, 0.3) is 0 Å². The molecule has 1 aliphatic rings. The second-order valence-corrected chi connectivity index (χ2v) is 4.26. The van der Waals surface area contributed by atoms with Crippen molar-refractivity contribution in [2.45, 2.75) is 13.3 Å². The van der Waals surface area contributed by atoms with E-state index < -0.39 is 0 Å². The molecule has 0 N–H and O–H groups in total. The zero-order valence-corrected chi connectivity index (χ0v) is 10.3. The van der Waals surface area contributed by atoms with Crippen LogP contribution in [0.1, 0.15) is 18.9 Å². The highest BCUT2D eigenvalue weighted by Gasteiger charge is 2.17. The van der Waals surface area contributed by atoms with E-state index in [-0.39, 0.29) is 0 Å². The average molecular weight is 230 g/mol. The third-order valence-corrected chi connectivity index (χ3v) is 3.24. The molecular formula is C13H18N4. The van der Waals surface area contributed by atoms with Gasteiger partial charge in [-0.2, -0.15) is 5.26 Å². The van der Waals surface area contributed by atoms with Crippen LogP contribution in [0, 0.1) is 11.3 Å². The Morgan fingerprint density at radius 3 is 3.00 bits per heavy atom. The first-order chi connectivity index (χ1) is 8.35. The Labute approximate surface area is 102 Å². The van der Waals surface area contributed by atoms with E-state index in [4.69, 9.17) is 5.26 Å². The van der Waals surface area contributed by atoms with E-state index in [2.05, 4.69) is 27.8 Å². The Morgan fingerprint density at radius 1 is 1.35 bits per heavy atom. The second-order valence-electron chi connectivity index (χ2n) is 4.26. The van der Waals surface area contributed by atoms with E-state index in [0.29, 0.717) is 5.56 Å². The van der Waals surface area contributed by atoms with Crippen LogP contribution in [0.3, 0.4) is 0 Å². The molecule has 1 fully saturated rings. The lowest BCUT2D eigenvalue weighted by atomic mass is 10.2. The average Bonchev–Trinajstić information content (AvgIpc) is 2.63. The predicted molar refractivity (Wildman–Crippen MR) is 67.9 cm³/mol. The standard InChI is InChI=1S/C13H18N4/c1-2-16-7-4-8-17(10-9-16)13-12(11-14)5-3-6-15-13/h3,5-6H,2,4,7-10H2,1H3. The summed E-state index contributed by atoms with van der Waals surface area (Å²) in [4.78, 5) is 9.02. The van der Waals surface area contributed by atoms with Crippen LogP contribution in [0.4, 0.5) is 5.82 Å². The van der Waals surface area contributed by atoms with Gasteiger partial charge in [-0.3, -0.25) is 0 Å². The molecule has 1 aromatic rings. The number of hydrogen-bond donors (Lipinski definition) is 0. The highest BCUT2D eigenvalue weighted by molar-refractivity contribution is 5.53. The first-order valence-corrected chi connectivity index (χ1v) is 6.17. The number of nitriles is 1. The van der Waals surface area contributed by atoms with Gasteiger partial charge in [-0.25, -0.2) is 4.98 Å². The van der Waals surface area contributed by atoms with Crippen LogP contribution < -0.4 is 4.90 Å². The fraction of sp³-hybridized carbons (Fsp3) is 0.538. The van der Waals surface area contributed by atoms with Crippen LogP contribution in [-0.4, -0.2) is 42.6 Å². The maximum Gasteiger partial charge on any atom is 0.146 e. The van der Waals surface area contributed by atoms with Gasteiger partial charge in [0.2, 0.25) is 0 Å². The fourth-order valence-corrected chi connectivity index (χ4v) is 2.24. The van der Waals surface area contributed by atoms with Crippen LogP contribution in [0.15, 0.2) is 18.3 Å². The molecule has 0 aromatic carbocycles. The summed E-state index contributed by atoms with van der Waals surface area (Å²) in [5.74, 6) is 0.841. The highest BCUT2D eigenvalue weighted by Crippen LogP contribution is 2.17. The van der Waals surface area contributed by atoms with Gasteiger partial charge in [-0.1, -0.05) is 6.92 Å². The molecule has 0 amide bonds. The Bertz CT molecular complexity index is 410. The molecular weight excluding hydrogens is 212 g/mol. The summed E-state index contributed by atoms with van der Waals surface area (Å²) in [5.41, 5.74) is 0.678. The van der Waals surface area contributed by atoms with Gasteiger partial charge in [-0.05, 0) is 31.6 Å². The summed E-state index contributed by atoms with van der Waals surface area (Å²) in [6.07, 6.45) is 2.90. The van der Waals surface area contributed by atoms with E-state index in [1.54, 1.807) is 6.20 Å². The molecule has 4 nitrogen and oxygen atoms in total. The molecule has 0 atom stereocenters. The number of rotatable bonds is 2. The summed E-state index contributed by atoms with van der Waals surface area (Å²) >= 11 is 0. The van der Waals surface area contributed by atoms with E-state index in [9.17, 15) is 0 Å². The molecule has 1 aromatic heterocycles. The first kappa shape index (κ1) is 11.9. The topological polar surface area (TPSA) is 43.2 Å². The Hall–Kier alpha value is -1.60. The lowest BCUT2D eigenvalue weighted by Crippen LogP contribution is -2.31. The van der Waals surface area contributed by atoms with Crippen LogP contribution in [-0.2, 0) is 0 Å². The molecule has 0 radical (unpaired) electrons. The third kappa shape index (κ3) is 2.75. The van der Waals surface area contributed by atoms with E-state index in [1.165, 1.54) is 0 Å². The van der Waals surface area contributed by atoms with Crippen LogP contribution >= 0.6 is 0 Å². The van der Waals surface area contributed by atoms with Crippen molar-refractivity contribution in [2.24, 2.45) is 0 Å². The molecule has 17 heavy (non-hydrogen) atoms. The summed E-state index contributed by atoms with van der Waals surface area (Å²) < 4.78 is 0. The zero-order chi connectivity index (χ0) is 12.1. The van der Waals surface area contributed by atoms with Gasteiger partial charge in [0.25, 0.3) is 0 Å². The van der Waals surface area contributed by atoms with Gasteiger partial charge in [0.1, 0.15) is 11.9 Å². The maximum absolute atomic E-state index is 9.09. The Balaban J connectivity index is 2.14. The van der Waals surface area contributed by atoms with Crippen molar-refractivity contribution in [2.75, 3.05) is 37.6 Å². The molecule has 0 unspecified atom stereocenters. The summed E-state index contributed by atoms with van der Waals surface area (Å²) in [5, 5.41) is 9.09. The lowest BCUT2D eigenvalue weighted by molar-refractivity contribution is 0.310. The van der Waals surface area contributed by atoms with Gasteiger partial charge < -0.3 is 9.80 Å². The van der Waals surface area contributed by atoms with Gasteiger partial charge >= 0.3 is 0 Å². The largest absolute Gasteiger partial charge is 0.354 e. The molecule has 1 aliphatic heterocycles. The van der Waals surface area contributed by atoms with E-state index in [0.717, 1.165) is 45.0 Å². The number of nitrogens with zero attached hydrogens (tertiary/aromatic N) is 4. The number of likely N-dealkylation sites (N-methyl/N-ethyl adjacent to an activating group) is 1. The molecule has 90 valence electrons. The van der Waals surface area contributed by atoms with Crippen molar-refractivity contribution in [3.63, 3.8) is 0 Å². The molecule has 2 heterocycles. The molecule has 0 spiro atoms. The molecule has 0 aliphatic carbocycles. The number of anilines is 1. The predicted octanol–water partition coefficient (Wildman–Crippen LogP) is 1.49. The van der Waals surface area contributed by atoms with Gasteiger partial charge in [0.05, 0.1) is 5.56 Å². The first-order valence-electron chi connectivity index (χ1n) is 6.17. The van der Waals surface area contributed by atoms with Crippen molar-refractivity contribution in [1.29, 1.82) is 5.26 Å². The highest BCUT2D eigenvalue weighted by atomic mass is 15.2. The monoisotopic (exact) mass is 230 g/mol. The molecule has 0 bridgehead atoms. The van der Waals surface area contributed by atoms with Gasteiger partial charge in [0.15, 0.2) is 0 Å². The minimum absolute atomic E-state index is 0.678. The summed E-state index contributed by atoms with van der Waals surface area (Å²) in [6.45, 7) is 7.43. The molecule has 1 saturated heterocycles. The van der Waals surface area contributed by atoms with Crippen molar-refractivity contribution in [3.05, 3.63) is 23.9 Å².